The van der Waals surface area contributed by atoms with Crippen molar-refractivity contribution in [1.29, 1.82) is 0 Å². The molecular formula is C16H18N2O4. The van der Waals surface area contributed by atoms with Crippen molar-refractivity contribution in [2.24, 2.45) is 0 Å². The molecule has 6 heteroatoms. The van der Waals surface area contributed by atoms with Crippen LogP contribution in [-0.4, -0.2) is 35.9 Å². The van der Waals surface area contributed by atoms with Crippen LogP contribution in [-0.2, 0) is 20.7 Å². The lowest BCUT2D eigenvalue weighted by Crippen LogP contribution is -2.11. The first-order valence-corrected chi connectivity index (χ1v) is 6.98. The Labute approximate surface area is 128 Å². The summed E-state index contributed by atoms with van der Waals surface area (Å²) in [7, 11) is 1.33. The molecule has 1 aromatic heterocycles. The molecule has 116 valence electrons. The van der Waals surface area contributed by atoms with E-state index >= 15 is 0 Å². The van der Waals surface area contributed by atoms with Gasteiger partial charge in [0.2, 0.25) is 0 Å². The molecule has 0 N–H and O–H groups in total. The van der Waals surface area contributed by atoms with E-state index in [1.165, 1.54) is 7.11 Å². The molecule has 0 aliphatic carbocycles. The minimum atomic E-state index is -0.383. The highest BCUT2D eigenvalue weighted by Gasteiger charge is 2.19. The molecule has 22 heavy (non-hydrogen) atoms. The number of nitrogens with zero attached hydrogens (tertiary/aromatic N) is 2. The fourth-order valence-electron chi connectivity index (χ4n) is 2.47. The van der Waals surface area contributed by atoms with Gasteiger partial charge in [-0.2, -0.15) is 10.2 Å². The van der Waals surface area contributed by atoms with Crippen LogP contribution in [0.15, 0.2) is 12.3 Å². The molecule has 1 aromatic carbocycles. The van der Waals surface area contributed by atoms with E-state index in [9.17, 15) is 9.59 Å². The van der Waals surface area contributed by atoms with Crippen LogP contribution in [0.5, 0.6) is 0 Å². The second kappa shape index (κ2) is 6.51. The number of rotatable bonds is 4. The zero-order chi connectivity index (χ0) is 16.3. The average Bonchev–Trinajstić information content (AvgIpc) is 2.48. The number of fused-ring (bicyclic) bond motifs is 1. The van der Waals surface area contributed by atoms with Crippen LogP contribution in [0.1, 0.15) is 34.1 Å². The maximum Gasteiger partial charge on any atom is 0.338 e. The van der Waals surface area contributed by atoms with E-state index < -0.39 is 0 Å². The summed E-state index contributed by atoms with van der Waals surface area (Å²) in [5.41, 5.74) is 2.62. The van der Waals surface area contributed by atoms with Crippen molar-refractivity contribution in [3.8, 4) is 0 Å². The van der Waals surface area contributed by atoms with Crippen molar-refractivity contribution in [3.63, 3.8) is 0 Å². The molecule has 2 aromatic rings. The van der Waals surface area contributed by atoms with Gasteiger partial charge < -0.3 is 9.47 Å². The highest BCUT2D eigenvalue weighted by molar-refractivity contribution is 6.01. The smallest absolute Gasteiger partial charge is 0.338 e. The Bertz CT molecular complexity index is 740. The fraction of sp³-hybridized carbons (Fsp3) is 0.375. The molecule has 0 aliphatic rings. The number of carbonyl (C=O) groups excluding carboxylic acids is 2. The monoisotopic (exact) mass is 302 g/mol. The van der Waals surface area contributed by atoms with Gasteiger partial charge in [-0.1, -0.05) is 0 Å². The molecule has 0 radical (unpaired) electrons. The first-order valence-electron chi connectivity index (χ1n) is 6.98. The van der Waals surface area contributed by atoms with Crippen LogP contribution >= 0.6 is 0 Å². The van der Waals surface area contributed by atoms with Gasteiger partial charge in [0.15, 0.2) is 0 Å². The summed E-state index contributed by atoms with van der Waals surface area (Å²) in [5.74, 6) is -0.739. The second-order valence-corrected chi connectivity index (χ2v) is 4.92. The number of carbonyl (C=O) groups is 2. The van der Waals surface area contributed by atoms with E-state index in [0.29, 0.717) is 17.9 Å². The zero-order valence-corrected chi connectivity index (χ0v) is 13.1. The van der Waals surface area contributed by atoms with Gasteiger partial charge in [-0.25, -0.2) is 4.79 Å². The highest BCUT2D eigenvalue weighted by Crippen LogP contribution is 2.27. The quantitative estimate of drug-likeness (QED) is 0.805. The van der Waals surface area contributed by atoms with Gasteiger partial charge in [0.25, 0.3) is 0 Å². The third-order valence-corrected chi connectivity index (χ3v) is 3.52. The Morgan fingerprint density at radius 1 is 1.23 bits per heavy atom. The lowest BCUT2D eigenvalue weighted by molar-refractivity contribution is -0.139. The maximum atomic E-state index is 12.1. The van der Waals surface area contributed by atoms with Crippen molar-refractivity contribution >= 4 is 22.7 Å². The van der Waals surface area contributed by atoms with Gasteiger partial charge in [-0.15, -0.1) is 0 Å². The molecule has 6 nitrogen and oxygen atoms in total. The lowest BCUT2D eigenvalue weighted by atomic mass is 9.95. The molecule has 0 saturated heterocycles. The SMILES string of the molecule is CCOC(=O)c1c(C)cc2c(CC(=O)OC)nncc2c1C. The van der Waals surface area contributed by atoms with Gasteiger partial charge in [0.1, 0.15) is 0 Å². The second-order valence-electron chi connectivity index (χ2n) is 4.92. The van der Waals surface area contributed by atoms with E-state index in [-0.39, 0.29) is 18.4 Å². The zero-order valence-electron chi connectivity index (χ0n) is 13.1. The first kappa shape index (κ1) is 15.9. The number of hydrogen-bond donors (Lipinski definition) is 0. The number of benzene rings is 1. The fourth-order valence-corrected chi connectivity index (χ4v) is 2.47. The van der Waals surface area contributed by atoms with Gasteiger partial charge in [0, 0.05) is 10.8 Å². The molecule has 1 heterocycles. The van der Waals surface area contributed by atoms with Crippen LogP contribution in [0, 0.1) is 13.8 Å². The number of ether oxygens (including phenoxy) is 2. The van der Waals surface area contributed by atoms with E-state index in [0.717, 1.165) is 21.9 Å². The van der Waals surface area contributed by atoms with Crippen LogP contribution in [0.25, 0.3) is 10.8 Å². The molecule has 0 bridgehead atoms. The van der Waals surface area contributed by atoms with Gasteiger partial charge in [-0.05, 0) is 38.0 Å². The summed E-state index contributed by atoms with van der Waals surface area (Å²) in [6.45, 7) is 5.76. The maximum absolute atomic E-state index is 12.1. The Morgan fingerprint density at radius 3 is 2.59 bits per heavy atom. The van der Waals surface area contributed by atoms with Gasteiger partial charge in [0.05, 0.1) is 37.6 Å². The Morgan fingerprint density at radius 2 is 1.95 bits per heavy atom. The number of aromatic nitrogens is 2. The molecule has 0 spiro atoms. The summed E-state index contributed by atoms with van der Waals surface area (Å²) in [5, 5.41) is 9.52. The van der Waals surface area contributed by atoms with Crippen LogP contribution in [0.2, 0.25) is 0 Å². The van der Waals surface area contributed by atoms with E-state index in [2.05, 4.69) is 14.9 Å². The van der Waals surface area contributed by atoms with E-state index in [1.54, 1.807) is 13.1 Å². The lowest BCUT2D eigenvalue weighted by Gasteiger charge is -2.13. The molecule has 0 unspecified atom stereocenters. The first-order chi connectivity index (χ1) is 10.5. The predicted octanol–water partition coefficient (Wildman–Crippen LogP) is 2.14. The normalized spacial score (nSPS) is 10.5. The third-order valence-electron chi connectivity index (χ3n) is 3.52. The van der Waals surface area contributed by atoms with Crippen molar-refractivity contribution in [1.82, 2.24) is 10.2 Å². The van der Waals surface area contributed by atoms with E-state index in [4.69, 9.17) is 4.74 Å². The third kappa shape index (κ3) is 2.90. The molecule has 0 fully saturated rings. The highest BCUT2D eigenvalue weighted by atomic mass is 16.5. The molecule has 0 atom stereocenters. The molecule has 0 amide bonds. The number of hydrogen-bond acceptors (Lipinski definition) is 6. The molecule has 0 saturated carbocycles. The van der Waals surface area contributed by atoms with E-state index in [1.807, 2.05) is 19.9 Å². The van der Waals surface area contributed by atoms with Crippen molar-refractivity contribution in [2.45, 2.75) is 27.2 Å². The number of methoxy groups -OCH3 is 1. The van der Waals surface area contributed by atoms with Crippen LogP contribution in [0.3, 0.4) is 0 Å². The van der Waals surface area contributed by atoms with Crippen molar-refractivity contribution in [2.75, 3.05) is 13.7 Å². The summed E-state index contributed by atoms with van der Waals surface area (Å²) >= 11 is 0. The topological polar surface area (TPSA) is 78.4 Å². The number of aryl methyl sites for hydroxylation is 2. The van der Waals surface area contributed by atoms with Gasteiger partial charge >= 0.3 is 11.9 Å². The summed E-state index contributed by atoms with van der Waals surface area (Å²) < 4.78 is 9.78. The Kier molecular flexibility index (Phi) is 4.70. The Hall–Kier alpha value is -2.50. The summed E-state index contributed by atoms with van der Waals surface area (Å²) in [6, 6.07) is 1.83. The average molecular weight is 302 g/mol. The van der Waals surface area contributed by atoms with Gasteiger partial charge in [-0.3, -0.25) is 4.79 Å². The minimum Gasteiger partial charge on any atom is -0.469 e. The van der Waals surface area contributed by atoms with Crippen molar-refractivity contribution in [3.05, 3.63) is 34.6 Å². The van der Waals surface area contributed by atoms with Crippen LogP contribution in [0.4, 0.5) is 0 Å². The largest absolute Gasteiger partial charge is 0.469 e. The predicted molar refractivity (Wildman–Crippen MR) is 80.7 cm³/mol. The summed E-state index contributed by atoms with van der Waals surface area (Å²) in [6.07, 6.45) is 1.63. The molecule has 0 aliphatic heterocycles. The summed E-state index contributed by atoms with van der Waals surface area (Å²) in [4.78, 5) is 23.6. The minimum absolute atomic E-state index is 0.0402. The van der Waals surface area contributed by atoms with Crippen LogP contribution < -0.4 is 0 Å². The van der Waals surface area contributed by atoms with Crippen molar-refractivity contribution < 1.29 is 19.1 Å². The molecule has 2 rings (SSSR count). The number of esters is 2. The Balaban J connectivity index is 2.62. The standard InChI is InChI=1S/C16H18N2O4/c1-5-22-16(20)15-9(2)6-11-12(10(15)3)8-17-18-13(11)7-14(19)21-4/h6,8H,5,7H2,1-4H3. The molecular weight excluding hydrogens is 284 g/mol.